The summed E-state index contributed by atoms with van der Waals surface area (Å²) < 4.78 is 53.0. The Morgan fingerprint density at radius 1 is 1.10 bits per heavy atom. The number of rotatable bonds is 5. The van der Waals surface area contributed by atoms with E-state index in [9.17, 15) is 31.9 Å². The predicted octanol–water partition coefficient (Wildman–Crippen LogP) is 3.64. The highest BCUT2D eigenvalue weighted by atomic mass is 19.4. The van der Waals surface area contributed by atoms with Crippen molar-refractivity contribution in [3.8, 4) is 0 Å². The highest BCUT2D eigenvalue weighted by molar-refractivity contribution is 6.07. The molecule has 30 heavy (non-hydrogen) atoms. The van der Waals surface area contributed by atoms with E-state index in [1.54, 1.807) is 0 Å². The number of imide groups is 1. The first-order chi connectivity index (χ1) is 14.0. The molecule has 1 aliphatic heterocycles. The maximum Gasteiger partial charge on any atom is 0.416 e. The van der Waals surface area contributed by atoms with E-state index in [2.05, 4.69) is 10.6 Å². The minimum Gasteiger partial charge on any atom is -0.326 e. The topological polar surface area (TPSA) is 78.5 Å². The van der Waals surface area contributed by atoms with Crippen molar-refractivity contribution < 1.29 is 31.9 Å². The minimum absolute atomic E-state index is 0.284. The zero-order valence-electron chi connectivity index (χ0n) is 15.7. The van der Waals surface area contributed by atoms with Gasteiger partial charge in [-0.05, 0) is 42.8 Å². The Kier molecular flexibility index (Phi) is 5.51. The molecule has 1 heterocycles. The normalized spacial score (nSPS) is 19.0. The molecule has 2 N–H and O–H groups in total. The third-order valence-electron chi connectivity index (χ3n) is 4.74. The zero-order chi connectivity index (χ0) is 22.1. The lowest BCUT2D eigenvalue weighted by Gasteiger charge is -2.25. The molecular weight excluding hydrogens is 406 g/mol. The highest BCUT2D eigenvalue weighted by Crippen LogP contribution is 2.39. The zero-order valence-corrected chi connectivity index (χ0v) is 15.7. The number of amides is 4. The molecule has 1 fully saturated rings. The summed E-state index contributed by atoms with van der Waals surface area (Å²) in [4.78, 5) is 37.9. The molecule has 0 aromatic heterocycles. The first-order valence-corrected chi connectivity index (χ1v) is 8.88. The maximum absolute atomic E-state index is 13.4. The Labute approximate surface area is 168 Å². The number of carbonyl (C=O) groups excluding carboxylic acids is 3. The molecule has 2 aromatic carbocycles. The Morgan fingerprint density at radius 2 is 1.73 bits per heavy atom. The van der Waals surface area contributed by atoms with Gasteiger partial charge in [0.2, 0.25) is 5.91 Å². The van der Waals surface area contributed by atoms with Crippen molar-refractivity contribution in [1.82, 2.24) is 10.2 Å². The lowest BCUT2D eigenvalue weighted by Crippen LogP contribution is -2.42. The summed E-state index contributed by atoms with van der Waals surface area (Å²) in [5, 5.41) is 4.78. The van der Waals surface area contributed by atoms with E-state index < -0.39 is 40.9 Å². The number of hydrogen-bond acceptors (Lipinski definition) is 3. The summed E-state index contributed by atoms with van der Waals surface area (Å²) in [6, 6.07) is 8.58. The number of nitrogens with one attached hydrogen (secondary N) is 2. The number of alkyl halides is 3. The number of nitrogens with zero attached hydrogens (tertiary/aromatic N) is 1. The summed E-state index contributed by atoms with van der Waals surface area (Å²) >= 11 is 0. The molecule has 1 atom stereocenters. The molecule has 1 unspecified atom stereocenters. The summed E-state index contributed by atoms with van der Waals surface area (Å²) in [7, 11) is 0. The number of carbonyl (C=O) groups is 3. The number of anilines is 1. The van der Waals surface area contributed by atoms with Crippen LogP contribution in [0, 0.1) is 5.82 Å². The van der Waals surface area contributed by atoms with Gasteiger partial charge in [0, 0.05) is 18.7 Å². The van der Waals surface area contributed by atoms with E-state index >= 15 is 0 Å². The van der Waals surface area contributed by atoms with E-state index in [1.165, 1.54) is 31.2 Å². The van der Waals surface area contributed by atoms with Crippen molar-refractivity contribution in [1.29, 1.82) is 0 Å². The van der Waals surface area contributed by atoms with E-state index in [0.717, 1.165) is 24.3 Å². The molecule has 6 nitrogen and oxygen atoms in total. The average Bonchev–Trinajstić information content (AvgIpc) is 2.90. The third kappa shape index (κ3) is 4.12. The second-order valence-corrected chi connectivity index (χ2v) is 6.86. The van der Waals surface area contributed by atoms with Gasteiger partial charge in [0.25, 0.3) is 5.91 Å². The van der Waals surface area contributed by atoms with Crippen molar-refractivity contribution in [3.63, 3.8) is 0 Å². The second kappa shape index (κ2) is 7.77. The van der Waals surface area contributed by atoms with Gasteiger partial charge in [-0.1, -0.05) is 18.2 Å². The summed E-state index contributed by atoms with van der Waals surface area (Å²) in [5.74, 6) is -1.92. The molecule has 4 amide bonds. The summed E-state index contributed by atoms with van der Waals surface area (Å²) in [5.41, 5.74) is -3.01. The molecule has 0 saturated carbocycles. The minimum atomic E-state index is -4.72. The van der Waals surface area contributed by atoms with Crippen LogP contribution in [0.15, 0.2) is 48.5 Å². The molecule has 0 bridgehead atoms. The Balaban J connectivity index is 1.73. The lowest BCUT2D eigenvalue weighted by atomic mass is 9.87. The molecule has 0 radical (unpaired) electrons. The molecule has 1 saturated heterocycles. The van der Waals surface area contributed by atoms with Crippen LogP contribution in [-0.2, 0) is 21.3 Å². The first-order valence-electron chi connectivity index (χ1n) is 8.88. The van der Waals surface area contributed by atoms with Crippen molar-refractivity contribution in [3.05, 3.63) is 65.5 Å². The van der Waals surface area contributed by atoms with Crippen LogP contribution in [0.2, 0.25) is 0 Å². The third-order valence-corrected chi connectivity index (χ3v) is 4.74. The van der Waals surface area contributed by atoms with Crippen molar-refractivity contribution in [2.75, 3.05) is 11.9 Å². The number of hydrogen-bond donors (Lipinski definition) is 2. The van der Waals surface area contributed by atoms with Gasteiger partial charge in [-0.3, -0.25) is 14.5 Å². The van der Waals surface area contributed by atoms with E-state index in [4.69, 9.17) is 0 Å². The first kappa shape index (κ1) is 21.3. The van der Waals surface area contributed by atoms with Gasteiger partial charge in [-0.15, -0.1) is 0 Å². The number of halogens is 4. The molecule has 3 rings (SSSR count). The van der Waals surface area contributed by atoms with Crippen molar-refractivity contribution >= 4 is 23.5 Å². The van der Waals surface area contributed by atoms with Crippen LogP contribution in [-0.4, -0.2) is 29.3 Å². The van der Waals surface area contributed by atoms with Gasteiger partial charge >= 0.3 is 12.2 Å². The molecule has 158 valence electrons. The van der Waals surface area contributed by atoms with Crippen LogP contribution in [0.5, 0.6) is 0 Å². The van der Waals surface area contributed by atoms with E-state index in [1.807, 2.05) is 0 Å². The monoisotopic (exact) mass is 423 g/mol. The number of benzene rings is 2. The van der Waals surface area contributed by atoms with E-state index in [0.29, 0.717) is 10.6 Å². The molecule has 1 aliphatic rings. The Morgan fingerprint density at radius 3 is 2.37 bits per heavy atom. The summed E-state index contributed by atoms with van der Waals surface area (Å²) in [6.07, 6.45) is -5.00. The Bertz CT molecular complexity index is 992. The lowest BCUT2D eigenvalue weighted by molar-refractivity contribution is -0.140. The van der Waals surface area contributed by atoms with Crippen LogP contribution < -0.4 is 10.6 Å². The predicted molar refractivity (Wildman–Crippen MR) is 98.7 cm³/mol. The van der Waals surface area contributed by atoms with Crippen molar-refractivity contribution in [2.45, 2.75) is 25.1 Å². The van der Waals surface area contributed by atoms with Gasteiger partial charge < -0.3 is 10.6 Å². The van der Waals surface area contributed by atoms with Gasteiger partial charge in [-0.2, -0.15) is 13.2 Å². The van der Waals surface area contributed by atoms with Gasteiger partial charge in [0.1, 0.15) is 11.4 Å². The molecule has 2 aromatic rings. The average molecular weight is 423 g/mol. The molecule has 10 heteroatoms. The van der Waals surface area contributed by atoms with Crippen molar-refractivity contribution in [2.24, 2.45) is 0 Å². The quantitative estimate of drug-likeness (QED) is 0.569. The van der Waals surface area contributed by atoms with Crippen LogP contribution in [0.4, 0.5) is 28.0 Å². The highest BCUT2D eigenvalue weighted by Gasteiger charge is 2.52. The Hall–Kier alpha value is -3.43. The van der Waals surface area contributed by atoms with Gasteiger partial charge in [0.05, 0.1) is 5.56 Å². The van der Waals surface area contributed by atoms with Crippen LogP contribution >= 0.6 is 0 Å². The largest absolute Gasteiger partial charge is 0.416 e. The number of urea groups is 1. The smallest absolute Gasteiger partial charge is 0.326 e. The van der Waals surface area contributed by atoms with E-state index in [-0.39, 0.29) is 18.5 Å². The summed E-state index contributed by atoms with van der Waals surface area (Å²) in [6.45, 7) is 0.859. The fraction of sp³-hybridized carbons (Fsp3) is 0.250. The van der Waals surface area contributed by atoms with Crippen LogP contribution in [0.1, 0.15) is 24.5 Å². The SMILES string of the molecule is CC1(c2ccccc2C(F)(F)F)NC(=O)N(CCC(=O)Nc2ccc(F)cc2)C1=O. The molecule has 0 aliphatic carbocycles. The molecular formula is C20H17F4N3O3. The second-order valence-electron chi connectivity index (χ2n) is 6.86. The standard InChI is InChI=1S/C20H17F4N3O3/c1-19(14-4-2-3-5-15(14)20(22,23)24)17(29)27(18(30)26-19)11-10-16(28)25-13-8-6-12(21)7-9-13/h2-9H,10-11H2,1H3,(H,25,28)(H,26,30). The van der Waals surface area contributed by atoms with Crippen LogP contribution in [0.3, 0.4) is 0 Å². The fourth-order valence-electron chi connectivity index (χ4n) is 3.22. The molecule has 0 spiro atoms. The van der Waals surface area contributed by atoms with Crippen LogP contribution in [0.25, 0.3) is 0 Å². The van der Waals surface area contributed by atoms with Gasteiger partial charge in [-0.25, -0.2) is 9.18 Å². The van der Waals surface area contributed by atoms with Gasteiger partial charge in [0.15, 0.2) is 0 Å². The fourth-order valence-corrected chi connectivity index (χ4v) is 3.22. The maximum atomic E-state index is 13.4.